The molecule has 0 saturated heterocycles. The number of carbonyl (C=O) groups excluding carboxylic acids is 1. The highest BCUT2D eigenvalue weighted by atomic mass is 32.2. The molecule has 22 heavy (non-hydrogen) atoms. The van der Waals surface area contributed by atoms with Crippen LogP contribution in [-0.4, -0.2) is 22.6 Å². The van der Waals surface area contributed by atoms with Gasteiger partial charge in [0, 0.05) is 17.5 Å². The van der Waals surface area contributed by atoms with E-state index >= 15 is 0 Å². The summed E-state index contributed by atoms with van der Waals surface area (Å²) in [6.45, 7) is 0.641. The van der Waals surface area contributed by atoms with Gasteiger partial charge in [-0.05, 0) is 30.5 Å². The molecule has 0 N–H and O–H groups in total. The van der Waals surface area contributed by atoms with Crippen molar-refractivity contribution in [3.05, 3.63) is 66.0 Å². The van der Waals surface area contributed by atoms with Crippen LogP contribution in [0.2, 0.25) is 0 Å². The van der Waals surface area contributed by atoms with Crippen LogP contribution in [0.25, 0.3) is 0 Å². The van der Waals surface area contributed by atoms with Crippen molar-refractivity contribution in [2.75, 3.05) is 5.75 Å². The topological polar surface area (TPSA) is 20.3 Å². The molecule has 0 aromatic heterocycles. The Hall–Kier alpha value is -1.81. The van der Waals surface area contributed by atoms with Gasteiger partial charge in [-0.3, -0.25) is 4.79 Å². The maximum atomic E-state index is 13.6. The second-order valence-corrected chi connectivity index (χ2v) is 6.47. The summed E-state index contributed by atoms with van der Waals surface area (Å²) in [5.74, 6) is 0.102. The average molecular weight is 315 g/mol. The van der Waals surface area contributed by atoms with E-state index in [-0.39, 0.29) is 17.5 Å². The Morgan fingerprint density at radius 1 is 1.09 bits per heavy atom. The number of rotatable bonds is 6. The van der Waals surface area contributed by atoms with Crippen LogP contribution in [0, 0.1) is 5.82 Å². The minimum atomic E-state index is -0.263. The molecule has 1 aliphatic rings. The van der Waals surface area contributed by atoms with Crippen molar-refractivity contribution in [3.63, 3.8) is 0 Å². The molecule has 114 valence electrons. The summed E-state index contributed by atoms with van der Waals surface area (Å²) in [6, 6.07) is 17.0. The zero-order valence-corrected chi connectivity index (χ0v) is 13.1. The molecule has 1 fully saturated rings. The molecule has 0 bridgehead atoms. The molecular weight excluding hydrogens is 297 g/mol. The number of halogens is 1. The molecule has 4 heteroatoms. The van der Waals surface area contributed by atoms with E-state index in [9.17, 15) is 9.18 Å². The van der Waals surface area contributed by atoms with Crippen LogP contribution in [0.5, 0.6) is 0 Å². The van der Waals surface area contributed by atoms with E-state index in [0.29, 0.717) is 17.5 Å². The van der Waals surface area contributed by atoms with E-state index in [1.807, 2.05) is 35.2 Å². The average Bonchev–Trinajstić information content (AvgIpc) is 3.37. The fourth-order valence-corrected chi connectivity index (χ4v) is 3.20. The molecular formula is C18H18FNOS. The Labute approximate surface area is 134 Å². The van der Waals surface area contributed by atoms with E-state index < -0.39 is 0 Å². The number of thioether (sulfide) groups is 1. The maximum Gasteiger partial charge on any atom is 0.233 e. The predicted molar refractivity (Wildman–Crippen MR) is 87.1 cm³/mol. The van der Waals surface area contributed by atoms with E-state index in [1.165, 1.54) is 17.8 Å². The summed E-state index contributed by atoms with van der Waals surface area (Å²) in [6.07, 6.45) is 2.14. The highest BCUT2D eigenvalue weighted by molar-refractivity contribution is 8.00. The van der Waals surface area contributed by atoms with Gasteiger partial charge in [0.25, 0.3) is 0 Å². The van der Waals surface area contributed by atoms with Gasteiger partial charge in [-0.15, -0.1) is 11.8 Å². The first kappa shape index (κ1) is 15.1. The van der Waals surface area contributed by atoms with E-state index in [1.54, 1.807) is 18.2 Å². The van der Waals surface area contributed by atoms with Gasteiger partial charge in [-0.2, -0.15) is 0 Å². The molecule has 1 aliphatic carbocycles. The maximum absolute atomic E-state index is 13.6. The fraction of sp³-hybridized carbons (Fsp3) is 0.278. The van der Waals surface area contributed by atoms with Crippen LogP contribution in [0.4, 0.5) is 4.39 Å². The van der Waals surface area contributed by atoms with Crippen molar-refractivity contribution < 1.29 is 9.18 Å². The standard InChI is InChI=1S/C18H18FNOS/c19-16-8-4-5-9-17(16)22-13-18(21)20(15-10-11-15)12-14-6-2-1-3-7-14/h1-9,15H,10-13H2. The Kier molecular flexibility index (Phi) is 4.78. The van der Waals surface area contributed by atoms with Crippen LogP contribution in [0.15, 0.2) is 59.5 Å². The van der Waals surface area contributed by atoms with Crippen molar-refractivity contribution in [3.8, 4) is 0 Å². The minimum absolute atomic E-state index is 0.0830. The lowest BCUT2D eigenvalue weighted by atomic mass is 10.2. The molecule has 0 aliphatic heterocycles. The quantitative estimate of drug-likeness (QED) is 0.748. The SMILES string of the molecule is O=C(CSc1ccccc1F)N(Cc1ccccc1)C1CC1. The van der Waals surface area contributed by atoms with Crippen LogP contribution in [0.1, 0.15) is 18.4 Å². The van der Waals surface area contributed by atoms with E-state index in [4.69, 9.17) is 0 Å². The molecule has 3 rings (SSSR count). The Bertz CT molecular complexity index is 643. The molecule has 0 radical (unpaired) electrons. The fourth-order valence-electron chi connectivity index (χ4n) is 2.37. The molecule has 0 atom stereocenters. The molecule has 0 spiro atoms. The third-order valence-electron chi connectivity index (χ3n) is 3.69. The number of carbonyl (C=O) groups is 1. The van der Waals surface area contributed by atoms with E-state index in [2.05, 4.69) is 0 Å². The second-order valence-electron chi connectivity index (χ2n) is 5.46. The monoisotopic (exact) mass is 315 g/mol. The number of nitrogens with zero attached hydrogens (tertiary/aromatic N) is 1. The largest absolute Gasteiger partial charge is 0.335 e. The minimum Gasteiger partial charge on any atom is -0.335 e. The number of benzene rings is 2. The number of hydrogen-bond donors (Lipinski definition) is 0. The van der Waals surface area contributed by atoms with Gasteiger partial charge in [-0.1, -0.05) is 42.5 Å². The summed E-state index contributed by atoms with van der Waals surface area (Å²) < 4.78 is 13.6. The van der Waals surface area contributed by atoms with Gasteiger partial charge in [0.2, 0.25) is 5.91 Å². The Balaban J connectivity index is 1.62. The van der Waals surface area contributed by atoms with Crippen LogP contribution < -0.4 is 0 Å². The highest BCUT2D eigenvalue weighted by Crippen LogP contribution is 2.30. The number of amides is 1. The van der Waals surface area contributed by atoms with Crippen molar-refractivity contribution in [2.24, 2.45) is 0 Å². The molecule has 1 amide bonds. The summed E-state index contributed by atoms with van der Waals surface area (Å²) in [5, 5.41) is 0. The van der Waals surface area contributed by atoms with Crippen molar-refractivity contribution in [1.82, 2.24) is 4.90 Å². The normalized spacial score (nSPS) is 13.9. The second kappa shape index (κ2) is 6.97. The molecule has 0 heterocycles. The van der Waals surface area contributed by atoms with Crippen molar-refractivity contribution in [1.29, 1.82) is 0 Å². The summed E-state index contributed by atoms with van der Waals surface area (Å²) in [5.41, 5.74) is 1.14. The molecule has 1 saturated carbocycles. The molecule has 2 aromatic rings. The zero-order valence-electron chi connectivity index (χ0n) is 12.2. The molecule has 2 aromatic carbocycles. The smallest absolute Gasteiger partial charge is 0.233 e. The molecule has 0 unspecified atom stereocenters. The Morgan fingerprint density at radius 3 is 2.45 bits per heavy atom. The van der Waals surface area contributed by atoms with Crippen LogP contribution >= 0.6 is 11.8 Å². The van der Waals surface area contributed by atoms with Crippen LogP contribution in [-0.2, 0) is 11.3 Å². The van der Waals surface area contributed by atoms with Gasteiger partial charge in [0.05, 0.1) is 5.75 Å². The first-order valence-electron chi connectivity index (χ1n) is 7.45. The third-order valence-corrected chi connectivity index (χ3v) is 4.72. The lowest BCUT2D eigenvalue weighted by Crippen LogP contribution is -2.33. The van der Waals surface area contributed by atoms with Gasteiger partial charge in [-0.25, -0.2) is 4.39 Å². The summed E-state index contributed by atoms with van der Waals surface area (Å²) >= 11 is 1.27. The summed E-state index contributed by atoms with van der Waals surface area (Å²) in [7, 11) is 0. The Morgan fingerprint density at radius 2 is 1.77 bits per heavy atom. The van der Waals surface area contributed by atoms with Gasteiger partial charge in [0.15, 0.2) is 0 Å². The van der Waals surface area contributed by atoms with Crippen LogP contribution in [0.3, 0.4) is 0 Å². The first-order valence-corrected chi connectivity index (χ1v) is 8.43. The van der Waals surface area contributed by atoms with Gasteiger partial charge < -0.3 is 4.90 Å². The predicted octanol–water partition coefficient (Wildman–Crippen LogP) is 4.11. The van der Waals surface area contributed by atoms with Crippen molar-refractivity contribution in [2.45, 2.75) is 30.3 Å². The lowest BCUT2D eigenvalue weighted by Gasteiger charge is -2.22. The van der Waals surface area contributed by atoms with Gasteiger partial charge >= 0.3 is 0 Å². The van der Waals surface area contributed by atoms with Gasteiger partial charge in [0.1, 0.15) is 5.82 Å². The summed E-state index contributed by atoms with van der Waals surface area (Å²) in [4.78, 5) is 15.0. The zero-order chi connectivity index (χ0) is 15.4. The first-order chi connectivity index (χ1) is 10.7. The number of hydrogen-bond acceptors (Lipinski definition) is 2. The van der Waals surface area contributed by atoms with E-state index in [0.717, 1.165) is 18.4 Å². The van der Waals surface area contributed by atoms with Crippen molar-refractivity contribution >= 4 is 17.7 Å². The lowest BCUT2D eigenvalue weighted by molar-refractivity contribution is -0.129. The third kappa shape index (κ3) is 3.89. The molecule has 2 nitrogen and oxygen atoms in total. The highest BCUT2D eigenvalue weighted by Gasteiger charge is 2.32.